The maximum atomic E-state index is 11.5. The van der Waals surface area contributed by atoms with Gasteiger partial charge in [-0.25, -0.2) is 4.79 Å². The first-order valence-electron chi connectivity index (χ1n) is 5.41. The summed E-state index contributed by atoms with van der Waals surface area (Å²) in [6, 6.07) is 6.85. The quantitative estimate of drug-likeness (QED) is 0.393. The number of hydrogen-bond donors (Lipinski definition) is 1. The molecule has 0 radical (unpaired) electrons. The van der Waals surface area contributed by atoms with Crippen LogP contribution in [-0.4, -0.2) is 23.9 Å². The van der Waals surface area contributed by atoms with E-state index in [4.69, 9.17) is 16.3 Å². The van der Waals surface area contributed by atoms with E-state index in [2.05, 4.69) is 4.99 Å². The standard InChI is InChI=1S/C13H14ClNO3/c1-3-18-13(17)12(9(2)16)8-15-11-6-4-5-10(14)7-11/h4-8,16H,3H2,1-2H3/b12-9+,15-8?. The fraction of sp³-hybridized carbons (Fsp3) is 0.231. The van der Waals surface area contributed by atoms with Crippen molar-refractivity contribution < 1.29 is 14.6 Å². The molecule has 0 unspecified atom stereocenters. The van der Waals surface area contributed by atoms with Crippen molar-refractivity contribution in [2.45, 2.75) is 13.8 Å². The van der Waals surface area contributed by atoms with E-state index in [1.54, 1.807) is 31.2 Å². The molecule has 0 aliphatic carbocycles. The normalized spacial score (nSPS) is 12.4. The summed E-state index contributed by atoms with van der Waals surface area (Å²) in [6.45, 7) is 3.33. The number of carbonyl (C=O) groups excluding carboxylic acids is 1. The van der Waals surface area contributed by atoms with Gasteiger partial charge in [-0.05, 0) is 32.0 Å². The summed E-state index contributed by atoms with van der Waals surface area (Å²) in [5.41, 5.74) is 0.613. The van der Waals surface area contributed by atoms with Crippen LogP contribution in [0.15, 0.2) is 40.6 Å². The average Bonchev–Trinajstić information content (AvgIpc) is 2.29. The van der Waals surface area contributed by atoms with Crippen molar-refractivity contribution in [2.75, 3.05) is 6.61 Å². The smallest absolute Gasteiger partial charge is 0.343 e. The van der Waals surface area contributed by atoms with Gasteiger partial charge in [0.05, 0.1) is 12.3 Å². The van der Waals surface area contributed by atoms with E-state index in [-0.39, 0.29) is 17.9 Å². The zero-order chi connectivity index (χ0) is 13.5. The van der Waals surface area contributed by atoms with Gasteiger partial charge in [0.15, 0.2) is 0 Å². The number of rotatable bonds is 4. The third kappa shape index (κ3) is 4.22. The number of nitrogens with zero attached hydrogens (tertiary/aromatic N) is 1. The number of ether oxygens (including phenoxy) is 1. The molecule has 0 spiro atoms. The third-order valence-corrected chi connectivity index (χ3v) is 2.27. The van der Waals surface area contributed by atoms with Gasteiger partial charge in [0, 0.05) is 11.2 Å². The Morgan fingerprint density at radius 2 is 2.28 bits per heavy atom. The number of carbonyl (C=O) groups is 1. The predicted molar refractivity (Wildman–Crippen MR) is 71.6 cm³/mol. The van der Waals surface area contributed by atoms with Gasteiger partial charge in [-0.3, -0.25) is 4.99 Å². The van der Waals surface area contributed by atoms with Crippen LogP contribution in [0.5, 0.6) is 0 Å². The number of halogens is 1. The molecule has 0 saturated carbocycles. The van der Waals surface area contributed by atoms with E-state index in [9.17, 15) is 9.90 Å². The molecule has 0 fully saturated rings. The Bertz CT molecular complexity index is 491. The second-order valence-electron chi connectivity index (χ2n) is 3.46. The van der Waals surface area contributed by atoms with Gasteiger partial charge in [-0.15, -0.1) is 0 Å². The summed E-state index contributed by atoms with van der Waals surface area (Å²) >= 11 is 5.81. The average molecular weight is 268 g/mol. The number of aliphatic hydroxyl groups excluding tert-OH is 1. The van der Waals surface area contributed by atoms with Gasteiger partial charge in [-0.2, -0.15) is 0 Å². The molecule has 1 rings (SSSR count). The van der Waals surface area contributed by atoms with E-state index in [1.807, 2.05) is 0 Å². The highest BCUT2D eigenvalue weighted by Crippen LogP contribution is 2.18. The Kier molecular flexibility index (Phi) is 5.39. The van der Waals surface area contributed by atoms with E-state index in [0.29, 0.717) is 10.7 Å². The Morgan fingerprint density at radius 3 is 2.83 bits per heavy atom. The molecule has 0 aliphatic heterocycles. The number of hydrogen-bond acceptors (Lipinski definition) is 4. The second-order valence-corrected chi connectivity index (χ2v) is 3.89. The zero-order valence-electron chi connectivity index (χ0n) is 10.2. The summed E-state index contributed by atoms with van der Waals surface area (Å²) in [7, 11) is 0. The van der Waals surface area contributed by atoms with Crippen molar-refractivity contribution in [1.29, 1.82) is 0 Å². The van der Waals surface area contributed by atoms with Crippen molar-refractivity contribution in [2.24, 2.45) is 4.99 Å². The zero-order valence-corrected chi connectivity index (χ0v) is 10.9. The number of benzene rings is 1. The third-order valence-electron chi connectivity index (χ3n) is 2.04. The highest BCUT2D eigenvalue weighted by molar-refractivity contribution is 6.30. The maximum Gasteiger partial charge on any atom is 0.343 e. The number of esters is 1. The Balaban J connectivity index is 2.92. The molecule has 4 nitrogen and oxygen atoms in total. The summed E-state index contributed by atoms with van der Waals surface area (Å²) < 4.78 is 4.80. The summed E-state index contributed by atoms with van der Waals surface area (Å²) in [6.07, 6.45) is 1.26. The first-order chi connectivity index (χ1) is 8.54. The molecule has 18 heavy (non-hydrogen) atoms. The first-order valence-corrected chi connectivity index (χ1v) is 5.79. The fourth-order valence-electron chi connectivity index (χ4n) is 1.20. The molecule has 1 aromatic carbocycles. The van der Waals surface area contributed by atoms with Crippen LogP contribution in [0.4, 0.5) is 5.69 Å². The van der Waals surface area contributed by atoms with Gasteiger partial charge in [0.1, 0.15) is 11.3 Å². The minimum atomic E-state index is -0.608. The van der Waals surface area contributed by atoms with Crippen LogP contribution in [0.25, 0.3) is 0 Å². The Morgan fingerprint density at radius 1 is 1.56 bits per heavy atom. The van der Waals surface area contributed by atoms with Crippen molar-refractivity contribution >= 4 is 29.5 Å². The Hall–Kier alpha value is -1.81. The largest absolute Gasteiger partial charge is 0.512 e. The first kappa shape index (κ1) is 14.3. The van der Waals surface area contributed by atoms with Crippen molar-refractivity contribution in [3.63, 3.8) is 0 Å². The molecule has 0 aromatic heterocycles. The molecule has 1 N–H and O–H groups in total. The molecule has 0 saturated heterocycles. The van der Waals surface area contributed by atoms with Gasteiger partial charge in [0.2, 0.25) is 0 Å². The van der Waals surface area contributed by atoms with E-state index in [1.165, 1.54) is 13.1 Å². The van der Waals surface area contributed by atoms with Crippen LogP contribution in [0, 0.1) is 0 Å². The molecule has 0 atom stereocenters. The van der Waals surface area contributed by atoms with Gasteiger partial charge >= 0.3 is 5.97 Å². The molecule has 96 valence electrons. The van der Waals surface area contributed by atoms with Crippen molar-refractivity contribution in [3.8, 4) is 0 Å². The SMILES string of the molecule is CCOC(=O)/C(C=Nc1cccc(Cl)c1)=C(\C)O. The van der Waals surface area contributed by atoms with Crippen LogP contribution >= 0.6 is 11.6 Å². The molecule has 0 bridgehead atoms. The molecular weight excluding hydrogens is 254 g/mol. The molecule has 0 amide bonds. The van der Waals surface area contributed by atoms with E-state index < -0.39 is 5.97 Å². The highest BCUT2D eigenvalue weighted by Gasteiger charge is 2.11. The number of aliphatic hydroxyl groups is 1. The van der Waals surface area contributed by atoms with Crippen LogP contribution < -0.4 is 0 Å². The lowest BCUT2D eigenvalue weighted by Crippen LogP contribution is -2.10. The monoisotopic (exact) mass is 267 g/mol. The van der Waals surface area contributed by atoms with Gasteiger partial charge < -0.3 is 9.84 Å². The summed E-state index contributed by atoms with van der Waals surface area (Å²) in [5, 5.41) is 9.95. The van der Waals surface area contributed by atoms with Gasteiger partial charge in [-0.1, -0.05) is 17.7 Å². The van der Waals surface area contributed by atoms with Gasteiger partial charge in [0.25, 0.3) is 0 Å². The topological polar surface area (TPSA) is 58.9 Å². The molecular formula is C13H14ClNO3. The second kappa shape index (κ2) is 6.81. The minimum Gasteiger partial charge on any atom is -0.512 e. The van der Waals surface area contributed by atoms with Crippen LogP contribution in [0.1, 0.15) is 13.8 Å². The molecule has 5 heteroatoms. The van der Waals surface area contributed by atoms with Crippen LogP contribution in [-0.2, 0) is 9.53 Å². The number of aliphatic imine (C=N–C) groups is 1. The van der Waals surface area contributed by atoms with E-state index >= 15 is 0 Å². The molecule has 1 aromatic rings. The lowest BCUT2D eigenvalue weighted by atomic mass is 10.2. The van der Waals surface area contributed by atoms with Crippen molar-refractivity contribution in [1.82, 2.24) is 0 Å². The molecule has 0 heterocycles. The van der Waals surface area contributed by atoms with E-state index in [0.717, 1.165) is 0 Å². The summed E-state index contributed by atoms with van der Waals surface area (Å²) in [5.74, 6) is -0.748. The number of allylic oxidation sites excluding steroid dienone is 1. The summed E-state index contributed by atoms with van der Waals surface area (Å²) in [4.78, 5) is 15.6. The van der Waals surface area contributed by atoms with Crippen molar-refractivity contribution in [3.05, 3.63) is 40.6 Å². The molecule has 0 aliphatic rings. The Labute approximate surface area is 111 Å². The predicted octanol–water partition coefficient (Wildman–Crippen LogP) is 3.44. The highest BCUT2D eigenvalue weighted by atomic mass is 35.5. The minimum absolute atomic E-state index is 0.0248. The van der Waals surface area contributed by atoms with Crippen LogP contribution in [0.3, 0.4) is 0 Å². The lowest BCUT2D eigenvalue weighted by molar-refractivity contribution is -0.138. The lowest BCUT2D eigenvalue weighted by Gasteiger charge is -2.03. The fourth-order valence-corrected chi connectivity index (χ4v) is 1.38. The maximum absolute atomic E-state index is 11.5. The van der Waals surface area contributed by atoms with Crippen LogP contribution in [0.2, 0.25) is 5.02 Å².